The molecule has 174 valence electrons. The van der Waals surface area contributed by atoms with Gasteiger partial charge in [0.2, 0.25) is 10.9 Å². The molecule has 34 heavy (non-hydrogen) atoms. The summed E-state index contributed by atoms with van der Waals surface area (Å²) in [6, 6.07) is 17.6. The average Bonchev–Trinajstić information content (AvgIpc) is 3.27. The number of carbonyl (C=O) groups is 2. The van der Waals surface area contributed by atoms with Gasteiger partial charge in [-0.3, -0.25) is 9.59 Å². The first kappa shape index (κ1) is 23.3. The molecular weight excluding hydrogens is 452 g/mol. The molecule has 4 aromatic rings. The van der Waals surface area contributed by atoms with Crippen LogP contribution in [0, 0.1) is 0 Å². The summed E-state index contributed by atoms with van der Waals surface area (Å²) in [5.41, 5.74) is 1.91. The maximum Gasteiger partial charge on any atom is 0.338 e. The number of esters is 1. The number of rotatable bonds is 8. The minimum Gasteiger partial charge on any atom is -0.456 e. The molecule has 0 saturated heterocycles. The van der Waals surface area contributed by atoms with Gasteiger partial charge in [-0.15, -0.1) is 0 Å². The first-order valence-electron chi connectivity index (χ1n) is 10.9. The van der Waals surface area contributed by atoms with E-state index in [0.29, 0.717) is 34.7 Å². The van der Waals surface area contributed by atoms with Gasteiger partial charge in [-0.05, 0) is 30.2 Å². The maximum absolute atomic E-state index is 12.6. The van der Waals surface area contributed by atoms with E-state index in [2.05, 4.69) is 15.4 Å². The van der Waals surface area contributed by atoms with Crippen LogP contribution in [0.15, 0.2) is 65.5 Å². The summed E-state index contributed by atoms with van der Waals surface area (Å²) in [7, 11) is 0. The minimum atomic E-state index is -0.574. The number of aryl methyl sites for hydroxylation is 1. The standard InChI is InChI=1S/C25H24N4O4S/c1-16(2)23-28-29-22(31)14-20(27-25(29)34-23)15-33-24(32)18-9-6-10-19(13-18)26-21(30)12-11-17-7-4-3-5-8-17/h3-10,13-14,16H,11-12,15H2,1-2H3,(H,26,30). The van der Waals surface area contributed by atoms with Gasteiger partial charge in [0.25, 0.3) is 5.56 Å². The van der Waals surface area contributed by atoms with Crippen LogP contribution in [0.3, 0.4) is 0 Å². The molecule has 0 aliphatic rings. The van der Waals surface area contributed by atoms with Crippen LogP contribution < -0.4 is 10.9 Å². The van der Waals surface area contributed by atoms with E-state index in [1.807, 2.05) is 44.2 Å². The quantitative estimate of drug-likeness (QED) is 0.382. The Kier molecular flexibility index (Phi) is 7.12. The molecule has 0 unspecified atom stereocenters. The Labute approximate surface area is 200 Å². The fraction of sp³-hybridized carbons (Fsp3) is 0.240. The molecule has 0 radical (unpaired) electrons. The lowest BCUT2D eigenvalue weighted by Gasteiger charge is -2.08. The number of fused-ring (bicyclic) bond motifs is 1. The van der Waals surface area contributed by atoms with Gasteiger partial charge in [0.1, 0.15) is 11.6 Å². The van der Waals surface area contributed by atoms with Crippen LogP contribution in [0.25, 0.3) is 4.96 Å². The fourth-order valence-corrected chi connectivity index (χ4v) is 4.18. The van der Waals surface area contributed by atoms with Crippen molar-refractivity contribution in [2.24, 2.45) is 0 Å². The molecule has 2 heterocycles. The number of aromatic nitrogens is 3. The van der Waals surface area contributed by atoms with Crippen LogP contribution in [-0.2, 0) is 22.6 Å². The predicted molar refractivity (Wildman–Crippen MR) is 130 cm³/mol. The van der Waals surface area contributed by atoms with Gasteiger partial charge in [-0.25, -0.2) is 9.78 Å². The summed E-state index contributed by atoms with van der Waals surface area (Å²) < 4.78 is 6.62. The molecule has 2 aromatic heterocycles. The summed E-state index contributed by atoms with van der Waals surface area (Å²) in [6.45, 7) is 3.84. The molecule has 1 N–H and O–H groups in total. The maximum atomic E-state index is 12.6. The number of nitrogens with one attached hydrogen (secondary N) is 1. The van der Waals surface area contributed by atoms with Crippen molar-refractivity contribution in [1.82, 2.24) is 14.6 Å². The molecule has 0 atom stereocenters. The van der Waals surface area contributed by atoms with Crippen molar-refractivity contribution < 1.29 is 14.3 Å². The Morgan fingerprint density at radius 3 is 2.65 bits per heavy atom. The van der Waals surface area contributed by atoms with E-state index in [0.717, 1.165) is 10.6 Å². The summed E-state index contributed by atoms with van der Waals surface area (Å²) in [5, 5.41) is 7.90. The van der Waals surface area contributed by atoms with Crippen LogP contribution in [0.5, 0.6) is 0 Å². The lowest BCUT2D eigenvalue weighted by molar-refractivity contribution is -0.116. The van der Waals surface area contributed by atoms with Gasteiger partial charge in [0, 0.05) is 24.1 Å². The van der Waals surface area contributed by atoms with Crippen LogP contribution in [0.1, 0.15) is 52.8 Å². The predicted octanol–water partition coefficient (Wildman–Crippen LogP) is 4.20. The number of benzene rings is 2. The van der Waals surface area contributed by atoms with Crippen molar-refractivity contribution in [3.63, 3.8) is 0 Å². The van der Waals surface area contributed by atoms with Gasteiger partial charge in [-0.2, -0.15) is 9.61 Å². The molecule has 0 fully saturated rings. The number of ether oxygens (including phenoxy) is 1. The zero-order valence-electron chi connectivity index (χ0n) is 18.9. The fourth-order valence-electron chi connectivity index (χ4n) is 3.25. The Bertz CT molecular complexity index is 1380. The van der Waals surface area contributed by atoms with Crippen LogP contribution in [0.2, 0.25) is 0 Å². The van der Waals surface area contributed by atoms with Crippen molar-refractivity contribution in [2.75, 3.05) is 5.32 Å². The molecule has 0 bridgehead atoms. The first-order chi connectivity index (χ1) is 16.4. The smallest absolute Gasteiger partial charge is 0.338 e. The lowest BCUT2D eigenvalue weighted by atomic mass is 10.1. The molecule has 9 heteroatoms. The SMILES string of the molecule is CC(C)c1nn2c(=O)cc(COC(=O)c3cccc(NC(=O)CCc4ccccc4)c3)nc2s1. The second-order valence-electron chi connectivity index (χ2n) is 8.07. The van der Waals surface area contributed by atoms with Gasteiger partial charge in [0.05, 0.1) is 11.3 Å². The monoisotopic (exact) mass is 476 g/mol. The molecule has 0 saturated carbocycles. The van der Waals surface area contributed by atoms with Gasteiger partial charge in [0.15, 0.2) is 0 Å². The number of hydrogen-bond donors (Lipinski definition) is 1. The van der Waals surface area contributed by atoms with Crippen LogP contribution in [0.4, 0.5) is 5.69 Å². The zero-order valence-corrected chi connectivity index (χ0v) is 19.7. The molecule has 1 amide bonds. The third kappa shape index (κ3) is 5.74. The van der Waals surface area contributed by atoms with E-state index in [-0.39, 0.29) is 24.0 Å². The van der Waals surface area contributed by atoms with E-state index >= 15 is 0 Å². The third-order valence-electron chi connectivity index (χ3n) is 5.02. The lowest BCUT2D eigenvalue weighted by Crippen LogP contribution is -2.17. The number of amides is 1. The van der Waals surface area contributed by atoms with E-state index in [4.69, 9.17) is 4.74 Å². The minimum absolute atomic E-state index is 0.141. The molecule has 0 aliphatic carbocycles. The number of carbonyl (C=O) groups excluding carboxylic acids is 2. The van der Waals surface area contributed by atoms with Crippen molar-refractivity contribution in [3.05, 3.63) is 92.8 Å². The molecule has 0 spiro atoms. The third-order valence-corrected chi connectivity index (χ3v) is 6.23. The van der Waals surface area contributed by atoms with Crippen molar-refractivity contribution in [3.8, 4) is 0 Å². The number of anilines is 1. The highest BCUT2D eigenvalue weighted by molar-refractivity contribution is 7.16. The van der Waals surface area contributed by atoms with E-state index in [1.165, 1.54) is 21.9 Å². The van der Waals surface area contributed by atoms with Crippen molar-refractivity contribution in [1.29, 1.82) is 0 Å². The molecule has 0 aliphatic heterocycles. The van der Waals surface area contributed by atoms with Gasteiger partial charge < -0.3 is 10.1 Å². The van der Waals surface area contributed by atoms with Gasteiger partial charge in [-0.1, -0.05) is 61.6 Å². The Hall–Kier alpha value is -3.85. The normalized spacial score (nSPS) is 11.0. The summed E-state index contributed by atoms with van der Waals surface area (Å²) in [6.07, 6.45) is 0.961. The second kappa shape index (κ2) is 10.4. The molecule has 8 nitrogen and oxygen atoms in total. The van der Waals surface area contributed by atoms with Crippen LogP contribution in [-0.4, -0.2) is 26.5 Å². The second-order valence-corrected chi connectivity index (χ2v) is 9.05. The van der Waals surface area contributed by atoms with Gasteiger partial charge >= 0.3 is 5.97 Å². The number of hydrogen-bond acceptors (Lipinski definition) is 7. The number of nitrogens with zero attached hydrogens (tertiary/aromatic N) is 3. The largest absolute Gasteiger partial charge is 0.456 e. The summed E-state index contributed by atoms with van der Waals surface area (Å²) >= 11 is 1.33. The Morgan fingerprint density at radius 1 is 1.09 bits per heavy atom. The summed E-state index contributed by atoms with van der Waals surface area (Å²) in [5.74, 6) is -0.536. The zero-order chi connectivity index (χ0) is 24.1. The van der Waals surface area contributed by atoms with Crippen molar-refractivity contribution >= 4 is 33.9 Å². The summed E-state index contributed by atoms with van der Waals surface area (Å²) in [4.78, 5) is 42.0. The highest BCUT2D eigenvalue weighted by Crippen LogP contribution is 2.20. The Morgan fingerprint density at radius 2 is 1.88 bits per heavy atom. The molecule has 2 aromatic carbocycles. The van der Waals surface area contributed by atoms with Crippen LogP contribution >= 0.6 is 11.3 Å². The highest BCUT2D eigenvalue weighted by atomic mass is 32.1. The average molecular weight is 477 g/mol. The van der Waals surface area contributed by atoms with Crippen molar-refractivity contribution in [2.45, 2.75) is 39.2 Å². The van der Waals surface area contributed by atoms with E-state index in [9.17, 15) is 14.4 Å². The molecule has 4 rings (SSSR count). The Balaban J connectivity index is 1.36. The highest BCUT2D eigenvalue weighted by Gasteiger charge is 2.14. The van der Waals surface area contributed by atoms with E-state index in [1.54, 1.807) is 24.3 Å². The van der Waals surface area contributed by atoms with E-state index < -0.39 is 5.97 Å². The first-order valence-corrected chi connectivity index (χ1v) is 11.7. The molecular formula is C25H24N4O4S. The topological polar surface area (TPSA) is 103 Å².